The van der Waals surface area contributed by atoms with Crippen LogP contribution >= 0.6 is 15.6 Å². The topological polar surface area (TPSA) is 237 Å². The molecule has 0 rings (SSSR count). The van der Waals surface area contributed by atoms with Gasteiger partial charge in [0, 0.05) is 25.7 Å². The number of aliphatic hydroxyl groups excluding tert-OH is 1. The molecule has 0 spiro atoms. The standard InChI is InChI=1S/C85H166O17P2/c1-6-9-12-15-18-21-24-27-30-32-34-36-38-41-43-48-53-58-63-68-82(87)95-74-80(101-85(90)71-66-61-56-50-45-42-39-37-35-33-31-28-25-22-19-16-13-10-7-2)76-99-103(91,92)97-72-79(86)73-98-104(93,94)100-77-81(75-96-83(88)69-64-59-54-51-46-47-52-57-62-67-78(4)5)102-84(89)70-65-60-55-49-44-40-29-26-23-20-17-14-11-8-3/h78-81,86H,6-77H2,1-5H3,(H,91,92)(H,93,94)/t79-,80-,81-/m1/s1. The fourth-order valence-corrected chi connectivity index (χ4v) is 14.9. The molecule has 0 amide bonds. The van der Waals surface area contributed by atoms with Crippen molar-refractivity contribution in [1.82, 2.24) is 0 Å². The Kier molecular flexibility index (Phi) is 76.3. The van der Waals surface area contributed by atoms with E-state index in [0.29, 0.717) is 25.7 Å². The highest BCUT2D eigenvalue weighted by atomic mass is 31.2. The Balaban J connectivity index is 5.24. The minimum Gasteiger partial charge on any atom is -0.462 e. The Morgan fingerprint density at radius 3 is 0.654 bits per heavy atom. The van der Waals surface area contributed by atoms with E-state index in [0.717, 1.165) is 95.8 Å². The molecule has 618 valence electrons. The van der Waals surface area contributed by atoms with Crippen molar-refractivity contribution in [3.8, 4) is 0 Å². The van der Waals surface area contributed by atoms with Gasteiger partial charge in [-0.2, -0.15) is 0 Å². The molecule has 0 saturated heterocycles. The third-order valence-corrected chi connectivity index (χ3v) is 21.9. The Bertz CT molecular complexity index is 1980. The van der Waals surface area contributed by atoms with E-state index in [1.54, 1.807) is 0 Å². The maximum absolute atomic E-state index is 13.1. The van der Waals surface area contributed by atoms with Gasteiger partial charge in [-0.15, -0.1) is 0 Å². The van der Waals surface area contributed by atoms with Gasteiger partial charge in [0.15, 0.2) is 12.2 Å². The van der Waals surface area contributed by atoms with Gasteiger partial charge in [0.25, 0.3) is 0 Å². The SMILES string of the molecule is CCCCCCCCCCCCCCCCCCCCCC(=O)OC[C@H](COP(=O)(O)OC[C@@H](O)COP(=O)(O)OC[C@@H](COC(=O)CCCCCCCCCCCC(C)C)OC(=O)CCCCCCCCCCCCCCCC)OC(=O)CCCCCCCCCCCCCCCCCCCCC. The zero-order valence-electron chi connectivity index (χ0n) is 68.2. The summed E-state index contributed by atoms with van der Waals surface area (Å²) in [6.45, 7) is 7.34. The van der Waals surface area contributed by atoms with E-state index in [9.17, 15) is 43.2 Å². The molecule has 0 saturated carbocycles. The number of unbranched alkanes of at least 4 members (excludes halogenated alkanes) is 57. The number of phosphoric acid groups is 2. The molecular weight excluding hydrogens is 1350 g/mol. The lowest BCUT2D eigenvalue weighted by atomic mass is 10.0. The Hall–Kier alpha value is -1.94. The first-order chi connectivity index (χ1) is 50.5. The number of carbonyl (C=O) groups excluding carboxylic acids is 4. The number of carbonyl (C=O) groups is 4. The van der Waals surface area contributed by atoms with Gasteiger partial charge in [0.1, 0.15) is 19.3 Å². The highest BCUT2D eigenvalue weighted by Gasteiger charge is 2.30. The molecule has 0 heterocycles. The molecule has 0 aromatic carbocycles. The zero-order chi connectivity index (χ0) is 76.2. The van der Waals surface area contributed by atoms with Crippen molar-refractivity contribution in [2.75, 3.05) is 39.6 Å². The van der Waals surface area contributed by atoms with E-state index in [1.165, 1.54) is 283 Å². The van der Waals surface area contributed by atoms with Crippen LogP contribution in [0.25, 0.3) is 0 Å². The average Bonchev–Trinajstić information content (AvgIpc) is 0.910. The molecular formula is C85H166O17P2. The second-order valence-corrected chi connectivity index (χ2v) is 34.0. The Morgan fingerprint density at radius 2 is 0.442 bits per heavy atom. The third-order valence-electron chi connectivity index (χ3n) is 20.0. The van der Waals surface area contributed by atoms with Gasteiger partial charge in [0.2, 0.25) is 0 Å². The normalized spacial score (nSPS) is 13.8. The van der Waals surface area contributed by atoms with Crippen LogP contribution in [0.5, 0.6) is 0 Å². The fourth-order valence-electron chi connectivity index (χ4n) is 13.3. The van der Waals surface area contributed by atoms with Gasteiger partial charge in [-0.1, -0.05) is 407 Å². The van der Waals surface area contributed by atoms with Gasteiger partial charge in [0.05, 0.1) is 26.4 Å². The highest BCUT2D eigenvalue weighted by molar-refractivity contribution is 7.47. The molecule has 5 atom stereocenters. The molecule has 0 aromatic rings. The summed E-state index contributed by atoms with van der Waals surface area (Å²) in [5.74, 6) is -1.36. The summed E-state index contributed by atoms with van der Waals surface area (Å²) in [5.41, 5.74) is 0. The lowest BCUT2D eigenvalue weighted by molar-refractivity contribution is -0.161. The minimum atomic E-state index is -4.96. The fraction of sp³-hybridized carbons (Fsp3) is 0.953. The first-order valence-corrected chi connectivity index (χ1v) is 47.1. The van der Waals surface area contributed by atoms with E-state index in [-0.39, 0.29) is 25.7 Å². The zero-order valence-corrected chi connectivity index (χ0v) is 70.0. The summed E-state index contributed by atoms with van der Waals surface area (Å²) in [7, 11) is -9.93. The summed E-state index contributed by atoms with van der Waals surface area (Å²) >= 11 is 0. The smallest absolute Gasteiger partial charge is 0.462 e. The van der Waals surface area contributed by atoms with Crippen LogP contribution in [0.1, 0.15) is 458 Å². The molecule has 2 unspecified atom stereocenters. The largest absolute Gasteiger partial charge is 0.472 e. The van der Waals surface area contributed by atoms with Crippen LogP contribution in [-0.2, 0) is 65.4 Å². The van der Waals surface area contributed by atoms with E-state index in [1.807, 2.05) is 0 Å². The van der Waals surface area contributed by atoms with Crippen LogP contribution in [0.15, 0.2) is 0 Å². The van der Waals surface area contributed by atoms with Crippen LogP contribution in [0.2, 0.25) is 0 Å². The van der Waals surface area contributed by atoms with Crippen molar-refractivity contribution in [3.05, 3.63) is 0 Å². The predicted octanol–water partition coefficient (Wildman–Crippen LogP) is 26.0. The van der Waals surface area contributed by atoms with Crippen LogP contribution in [0.3, 0.4) is 0 Å². The van der Waals surface area contributed by atoms with Crippen molar-refractivity contribution in [2.24, 2.45) is 5.92 Å². The van der Waals surface area contributed by atoms with Crippen molar-refractivity contribution >= 4 is 39.5 Å². The van der Waals surface area contributed by atoms with Gasteiger partial charge in [-0.25, -0.2) is 9.13 Å². The highest BCUT2D eigenvalue weighted by Crippen LogP contribution is 2.45. The minimum absolute atomic E-state index is 0.108. The number of esters is 4. The van der Waals surface area contributed by atoms with Crippen molar-refractivity contribution in [1.29, 1.82) is 0 Å². The first kappa shape index (κ1) is 102. The molecule has 0 aliphatic heterocycles. The molecule has 0 fully saturated rings. The molecule has 0 aliphatic carbocycles. The quantitative estimate of drug-likeness (QED) is 0.0222. The number of rotatable bonds is 85. The van der Waals surface area contributed by atoms with Crippen molar-refractivity contribution < 1.29 is 80.2 Å². The Labute approximate surface area is 638 Å². The number of hydrogen-bond donors (Lipinski definition) is 3. The number of aliphatic hydroxyl groups is 1. The van der Waals surface area contributed by atoms with Crippen molar-refractivity contribution in [2.45, 2.75) is 477 Å². The third kappa shape index (κ3) is 78.2. The van der Waals surface area contributed by atoms with Crippen LogP contribution in [-0.4, -0.2) is 96.7 Å². The summed E-state index contributed by atoms with van der Waals surface area (Å²) in [5, 5.41) is 10.7. The van der Waals surface area contributed by atoms with Crippen molar-refractivity contribution in [3.63, 3.8) is 0 Å². The van der Waals surface area contributed by atoms with E-state index in [2.05, 4.69) is 34.6 Å². The molecule has 104 heavy (non-hydrogen) atoms. The maximum Gasteiger partial charge on any atom is 0.472 e. The van der Waals surface area contributed by atoms with Gasteiger partial charge in [-0.3, -0.25) is 37.3 Å². The second kappa shape index (κ2) is 77.8. The van der Waals surface area contributed by atoms with Gasteiger partial charge >= 0.3 is 39.5 Å². The molecule has 17 nitrogen and oxygen atoms in total. The van der Waals surface area contributed by atoms with E-state index >= 15 is 0 Å². The lowest BCUT2D eigenvalue weighted by Gasteiger charge is -2.21. The first-order valence-electron chi connectivity index (χ1n) is 44.1. The van der Waals surface area contributed by atoms with Gasteiger partial charge < -0.3 is 33.8 Å². The molecule has 0 aliphatic rings. The summed E-state index contributed by atoms with van der Waals surface area (Å²) in [4.78, 5) is 73.2. The number of phosphoric ester groups is 2. The summed E-state index contributed by atoms with van der Waals surface area (Å²) in [6, 6.07) is 0. The molecule has 0 bridgehead atoms. The molecule has 19 heteroatoms. The molecule has 0 radical (unpaired) electrons. The predicted molar refractivity (Wildman–Crippen MR) is 428 cm³/mol. The Morgan fingerprint density at radius 1 is 0.260 bits per heavy atom. The number of ether oxygens (including phenoxy) is 4. The monoisotopic (exact) mass is 1520 g/mol. The van der Waals surface area contributed by atoms with E-state index < -0.39 is 97.5 Å². The lowest BCUT2D eigenvalue weighted by Crippen LogP contribution is -2.30. The average molecular weight is 1520 g/mol. The van der Waals surface area contributed by atoms with Crippen LogP contribution in [0, 0.1) is 5.92 Å². The van der Waals surface area contributed by atoms with Gasteiger partial charge in [-0.05, 0) is 31.6 Å². The molecule has 0 aromatic heterocycles. The van der Waals surface area contributed by atoms with E-state index in [4.69, 9.17) is 37.0 Å². The molecule has 3 N–H and O–H groups in total. The summed E-state index contributed by atoms with van der Waals surface area (Å²) in [6.07, 6.45) is 70.8. The second-order valence-electron chi connectivity index (χ2n) is 31.1. The van der Waals surface area contributed by atoms with Crippen LogP contribution in [0.4, 0.5) is 0 Å². The maximum atomic E-state index is 13.1. The number of hydrogen-bond acceptors (Lipinski definition) is 15. The van der Waals surface area contributed by atoms with Crippen LogP contribution < -0.4 is 0 Å². The summed E-state index contributed by atoms with van der Waals surface area (Å²) < 4.78 is 68.9.